The van der Waals surface area contributed by atoms with Gasteiger partial charge in [0.25, 0.3) is 0 Å². The van der Waals surface area contributed by atoms with Crippen molar-refractivity contribution in [3.05, 3.63) is 29.8 Å². The van der Waals surface area contributed by atoms with E-state index >= 15 is 0 Å². The fourth-order valence-electron chi connectivity index (χ4n) is 2.14. The highest BCUT2D eigenvalue weighted by Crippen LogP contribution is 2.44. The maximum absolute atomic E-state index is 11.9. The summed E-state index contributed by atoms with van der Waals surface area (Å²) in [6, 6.07) is 6.89. The predicted molar refractivity (Wildman–Crippen MR) is 94.0 cm³/mol. The molecule has 1 aromatic carbocycles. The summed E-state index contributed by atoms with van der Waals surface area (Å²) < 4.78 is 21.7. The third-order valence-corrected chi connectivity index (χ3v) is 4.43. The molecule has 0 aromatic heterocycles. The highest BCUT2D eigenvalue weighted by atomic mass is 31.2. The number of nitrogens with one attached hydrogen (secondary N) is 1. The van der Waals surface area contributed by atoms with Gasteiger partial charge in [0, 0.05) is 13.0 Å². The number of hydrogen-bond donors (Lipinski definition) is 2. The van der Waals surface area contributed by atoms with Crippen LogP contribution in [-0.4, -0.2) is 24.0 Å². The van der Waals surface area contributed by atoms with Crippen LogP contribution in [0.25, 0.3) is 0 Å². The number of para-hydroxylation sites is 1. The lowest BCUT2D eigenvalue weighted by molar-refractivity contribution is -0.121. The topological polar surface area (TPSA) is 84.9 Å². The number of unbranched alkanes of at least 4 members (excludes halogenated alkanes) is 4. The Labute approximate surface area is 144 Å². The summed E-state index contributed by atoms with van der Waals surface area (Å²) in [6.45, 7) is 4.02. The summed E-state index contributed by atoms with van der Waals surface area (Å²) in [4.78, 5) is 21.3. The van der Waals surface area contributed by atoms with Crippen molar-refractivity contribution in [2.24, 2.45) is 0 Å². The standard InChI is InChI=1S/C17H28NO5P/c1-3-4-5-6-7-12-17(19)18-13-14-22-24(20,21)23-16-11-9-8-10-15(16)2/h8-11H,3-7,12-14H2,1-2H3,(H,18,19)(H,20,21). The van der Waals surface area contributed by atoms with Crippen LogP contribution in [0.2, 0.25) is 0 Å². The smallest absolute Gasteiger partial charge is 0.404 e. The number of phosphoric acid groups is 1. The zero-order valence-corrected chi connectivity index (χ0v) is 15.4. The van der Waals surface area contributed by atoms with Crippen molar-refractivity contribution in [3.8, 4) is 5.75 Å². The lowest BCUT2D eigenvalue weighted by atomic mass is 10.1. The first kappa shape index (κ1) is 20.7. The number of benzene rings is 1. The maximum Gasteiger partial charge on any atom is 0.527 e. The number of amides is 1. The Kier molecular flexibility index (Phi) is 9.69. The van der Waals surface area contributed by atoms with Crippen LogP contribution in [0.15, 0.2) is 24.3 Å². The summed E-state index contributed by atoms with van der Waals surface area (Å²) in [5.41, 5.74) is 0.742. The van der Waals surface area contributed by atoms with E-state index in [9.17, 15) is 14.3 Å². The zero-order chi connectivity index (χ0) is 17.8. The molecule has 1 aromatic rings. The van der Waals surface area contributed by atoms with Gasteiger partial charge in [-0.2, -0.15) is 0 Å². The number of hydrogen-bond acceptors (Lipinski definition) is 4. The Morgan fingerprint density at radius 3 is 2.62 bits per heavy atom. The average molecular weight is 357 g/mol. The van der Waals surface area contributed by atoms with Gasteiger partial charge in [0.2, 0.25) is 5.91 Å². The number of carbonyl (C=O) groups is 1. The molecule has 1 unspecified atom stereocenters. The summed E-state index contributed by atoms with van der Waals surface area (Å²) in [5, 5.41) is 2.67. The lowest BCUT2D eigenvalue weighted by Gasteiger charge is -2.14. The second-order valence-corrected chi connectivity index (χ2v) is 7.05. The molecule has 2 N–H and O–H groups in total. The van der Waals surface area contributed by atoms with E-state index in [0.29, 0.717) is 12.2 Å². The van der Waals surface area contributed by atoms with Crippen molar-refractivity contribution in [1.29, 1.82) is 0 Å². The fourth-order valence-corrected chi connectivity index (χ4v) is 2.97. The average Bonchev–Trinajstić information content (AvgIpc) is 2.53. The van der Waals surface area contributed by atoms with Gasteiger partial charge in [0.05, 0.1) is 6.61 Å². The molecule has 0 saturated carbocycles. The van der Waals surface area contributed by atoms with Gasteiger partial charge in [-0.15, -0.1) is 0 Å². The Morgan fingerprint density at radius 2 is 1.92 bits per heavy atom. The highest BCUT2D eigenvalue weighted by Gasteiger charge is 2.23. The van der Waals surface area contributed by atoms with E-state index in [1.54, 1.807) is 25.1 Å². The highest BCUT2D eigenvalue weighted by molar-refractivity contribution is 7.47. The van der Waals surface area contributed by atoms with Crippen LogP contribution in [-0.2, 0) is 13.9 Å². The SMILES string of the molecule is CCCCCCCC(=O)NCCOP(=O)(O)Oc1ccccc1C. The predicted octanol–water partition coefficient (Wildman–Crippen LogP) is 3.97. The van der Waals surface area contributed by atoms with Gasteiger partial charge in [-0.05, 0) is 25.0 Å². The van der Waals surface area contributed by atoms with Crippen molar-refractivity contribution >= 4 is 13.7 Å². The van der Waals surface area contributed by atoms with Crippen LogP contribution in [0.1, 0.15) is 51.0 Å². The lowest BCUT2D eigenvalue weighted by Crippen LogP contribution is -2.26. The van der Waals surface area contributed by atoms with E-state index in [0.717, 1.165) is 24.8 Å². The van der Waals surface area contributed by atoms with Crippen LogP contribution in [0.3, 0.4) is 0 Å². The largest absolute Gasteiger partial charge is 0.527 e. The summed E-state index contributed by atoms with van der Waals surface area (Å²) in [7, 11) is -4.19. The molecule has 0 spiro atoms. The Bertz CT molecular complexity index is 550. The molecule has 0 aliphatic rings. The summed E-state index contributed by atoms with van der Waals surface area (Å²) in [6.07, 6.45) is 5.91. The van der Waals surface area contributed by atoms with Crippen LogP contribution in [0, 0.1) is 6.92 Å². The Morgan fingerprint density at radius 1 is 1.21 bits per heavy atom. The first-order valence-electron chi connectivity index (χ1n) is 8.44. The second kappa shape index (κ2) is 11.2. The number of aryl methyl sites for hydroxylation is 1. The minimum atomic E-state index is -4.19. The van der Waals surface area contributed by atoms with E-state index in [1.165, 1.54) is 12.8 Å². The van der Waals surface area contributed by atoms with Crippen LogP contribution in [0.5, 0.6) is 5.75 Å². The second-order valence-electron chi connectivity index (χ2n) is 5.67. The molecule has 136 valence electrons. The number of phosphoric ester groups is 1. The van der Waals surface area contributed by atoms with E-state index in [1.807, 2.05) is 6.07 Å². The van der Waals surface area contributed by atoms with Crippen LogP contribution < -0.4 is 9.84 Å². The number of rotatable bonds is 12. The molecule has 0 fully saturated rings. The van der Waals surface area contributed by atoms with Crippen molar-refractivity contribution < 1.29 is 23.3 Å². The molecule has 1 atom stereocenters. The van der Waals surface area contributed by atoms with Gasteiger partial charge in [0.1, 0.15) is 5.75 Å². The normalized spacial score (nSPS) is 13.3. The van der Waals surface area contributed by atoms with E-state index in [4.69, 9.17) is 9.05 Å². The van der Waals surface area contributed by atoms with Crippen LogP contribution in [0.4, 0.5) is 0 Å². The third-order valence-electron chi connectivity index (χ3n) is 3.49. The van der Waals surface area contributed by atoms with Crippen molar-refractivity contribution in [1.82, 2.24) is 5.32 Å². The molecule has 0 bridgehead atoms. The van der Waals surface area contributed by atoms with Gasteiger partial charge in [-0.25, -0.2) is 4.57 Å². The molecule has 0 aliphatic carbocycles. The van der Waals surface area contributed by atoms with E-state index in [2.05, 4.69) is 12.2 Å². The van der Waals surface area contributed by atoms with Gasteiger partial charge >= 0.3 is 7.82 Å². The zero-order valence-electron chi connectivity index (χ0n) is 14.5. The molecule has 1 rings (SSSR count). The Balaban J connectivity index is 2.18. The molecule has 0 saturated heterocycles. The molecule has 0 heterocycles. The minimum absolute atomic E-state index is 0.0670. The van der Waals surface area contributed by atoms with Crippen molar-refractivity contribution in [2.75, 3.05) is 13.2 Å². The van der Waals surface area contributed by atoms with E-state index in [-0.39, 0.29) is 19.1 Å². The summed E-state index contributed by atoms with van der Waals surface area (Å²) >= 11 is 0. The van der Waals surface area contributed by atoms with Gasteiger partial charge in [-0.3, -0.25) is 14.2 Å². The monoisotopic (exact) mass is 357 g/mol. The van der Waals surface area contributed by atoms with Crippen molar-refractivity contribution in [2.45, 2.75) is 52.4 Å². The Hall–Kier alpha value is -1.36. The van der Waals surface area contributed by atoms with Gasteiger partial charge in [0.15, 0.2) is 0 Å². The third kappa shape index (κ3) is 9.06. The van der Waals surface area contributed by atoms with Gasteiger partial charge in [-0.1, -0.05) is 50.8 Å². The first-order valence-corrected chi connectivity index (χ1v) is 9.93. The van der Waals surface area contributed by atoms with Crippen molar-refractivity contribution in [3.63, 3.8) is 0 Å². The summed E-state index contributed by atoms with van der Waals surface area (Å²) in [5.74, 6) is 0.238. The maximum atomic E-state index is 11.9. The fraction of sp³-hybridized carbons (Fsp3) is 0.588. The molecule has 0 radical (unpaired) electrons. The van der Waals surface area contributed by atoms with Gasteiger partial charge < -0.3 is 9.84 Å². The molecule has 1 amide bonds. The molecular formula is C17H28NO5P. The molecule has 0 aliphatic heterocycles. The minimum Gasteiger partial charge on any atom is -0.404 e. The van der Waals surface area contributed by atoms with Crippen LogP contribution >= 0.6 is 7.82 Å². The quantitative estimate of drug-likeness (QED) is 0.437. The molecule has 7 heteroatoms. The first-order chi connectivity index (χ1) is 11.4. The number of carbonyl (C=O) groups excluding carboxylic acids is 1. The molecule has 6 nitrogen and oxygen atoms in total. The molecule has 24 heavy (non-hydrogen) atoms. The van der Waals surface area contributed by atoms with E-state index < -0.39 is 7.82 Å². The molecular weight excluding hydrogens is 329 g/mol.